The summed E-state index contributed by atoms with van der Waals surface area (Å²) in [6, 6.07) is 8.19. The van der Waals surface area contributed by atoms with Crippen LogP contribution in [0.3, 0.4) is 0 Å². The van der Waals surface area contributed by atoms with Gasteiger partial charge in [0.1, 0.15) is 12.4 Å². The fourth-order valence-electron chi connectivity index (χ4n) is 2.43. The third-order valence-electron chi connectivity index (χ3n) is 3.34. The maximum absolute atomic E-state index is 13.5. The number of rotatable bonds is 4. The number of carbonyl (C=O) groups is 2. The lowest BCUT2D eigenvalue weighted by Gasteiger charge is -2.22. The number of benzene rings is 1. The summed E-state index contributed by atoms with van der Waals surface area (Å²) in [4.78, 5) is 24.1. The van der Waals surface area contributed by atoms with Crippen LogP contribution in [0.15, 0.2) is 30.3 Å². The number of hydrogen-bond donors (Lipinski definition) is 0. The first-order chi connectivity index (χ1) is 9.87. The Labute approximate surface area is 121 Å². The number of amides is 1. The number of nitrogens with zero attached hydrogens (tertiary/aromatic N) is 1. The number of carbonyl (C=O) groups excluding carboxylic acids is 2. The van der Waals surface area contributed by atoms with Crippen molar-refractivity contribution in [1.29, 1.82) is 0 Å². The molecular formula is C15H17F2NO3. The van der Waals surface area contributed by atoms with Crippen LogP contribution in [0.25, 0.3) is 0 Å². The molecule has 0 saturated carbocycles. The van der Waals surface area contributed by atoms with Crippen LogP contribution in [0, 0.1) is 0 Å². The molecule has 0 bridgehead atoms. The van der Waals surface area contributed by atoms with E-state index in [-0.39, 0.29) is 18.8 Å². The Bertz CT molecular complexity index is 519. The van der Waals surface area contributed by atoms with Crippen molar-refractivity contribution in [2.75, 3.05) is 6.54 Å². The molecule has 0 spiro atoms. The SMILES string of the molecule is CC(=O)C[C@@H]1CC(F)(F)CN1C(=O)OCc1ccccc1. The molecule has 0 unspecified atom stereocenters. The summed E-state index contributed by atoms with van der Waals surface area (Å²) in [6.45, 7) is 0.650. The van der Waals surface area contributed by atoms with E-state index in [9.17, 15) is 18.4 Å². The topological polar surface area (TPSA) is 46.6 Å². The smallest absolute Gasteiger partial charge is 0.410 e. The van der Waals surface area contributed by atoms with Crippen molar-refractivity contribution in [3.63, 3.8) is 0 Å². The Hall–Kier alpha value is -1.98. The second-order valence-electron chi connectivity index (χ2n) is 5.29. The van der Waals surface area contributed by atoms with Gasteiger partial charge in [-0.3, -0.25) is 9.69 Å². The Morgan fingerprint density at radius 1 is 1.33 bits per heavy atom. The normalized spacial score (nSPS) is 20.3. The highest BCUT2D eigenvalue weighted by Gasteiger charge is 2.47. The Morgan fingerprint density at radius 3 is 2.62 bits per heavy atom. The van der Waals surface area contributed by atoms with Crippen LogP contribution in [-0.4, -0.2) is 35.3 Å². The zero-order valence-corrected chi connectivity index (χ0v) is 11.7. The highest BCUT2D eigenvalue weighted by molar-refractivity contribution is 5.77. The average molecular weight is 297 g/mol. The molecule has 21 heavy (non-hydrogen) atoms. The molecule has 114 valence electrons. The quantitative estimate of drug-likeness (QED) is 0.858. The summed E-state index contributed by atoms with van der Waals surface area (Å²) in [5.74, 6) is -3.19. The van der Waals surface area contributed by atoms with Gasteiger partial charge in [0, 0.05) is 18.9 Å². The summed E-state index contributed by atoms with van der Waals surface area (Å²) < 4.78 is 32.0. The third-order valence-corrected chi connectivity index (χ3v) is 3.34. The Morgan fingerprint density at radius 2 is 2.00 bits per heavy atom. The summed E-state index contributed by atoms with van der Waals surface area (Å²) >= 11 is 0. The minimum Gasteiger partial charge on any atom is -0.445 e. The second-order valence-corrected chi connectivity index (χ2v) is 5.29. The van der Waals surface area contributed by atoms with E-state index in [1.165, 1.54) is 6.92 Å². The fraction of sp³-hybridized carbons (Fsp3) is 0.467. The average Bonchev–Trinajstić information content (AvgIpc) is 2.71. The standard InChI is InChI=1S/C15H17F2NO3/c1-11(19)7-13-8-15(16,17)10-18(13)14(20)21-9-12-5-3-2-4-6-12/h2-6,13H,7-10H2,1H3/t13-/m1/s1. The van der Waals surface area contributed by atoms with Gasteiger partial charge >= 0.3 is 6.09 Å². The van der Waals surface area contributed by atoms with Gasteiger partial charge in [-0.05, 0) is 12.5 Å². The molecule has 1 aromatic carbocycles. The first-order valence-electron chi connectivity index (χ1n) is 6.72. The Balaban J connectivity index is 1.97. The van der Waals surface area contributed by atoms with Crippen molar-refractivity contribution in [3.8, 4) is 0 Å². The van der Waals surface area contributed by atoms with Crippen molar-refractivity contribution < 1.29 is 23.1 Å². The van der Waals surface area contributed by atoms with Gasteiger partial charge in [0.15, 0.2) is 0 Å². The van der Waals surface area contributed by atoms with Crippen molar-refractivity contribution >= 4 is 11.9 Å². The molecule has 0 radical (unpaired) electrons. The molecule has 1 amide bonds. The van der Waals surface area contributed by atoms with Crippen LogP contribution >= 0.6 is 0 Å². The van der Waals surface area contributed by atoms with Gasteiger partial charge in [0.25, 0.3) is 5.92 Å². The molecule has 1 aromatic rings. The van der Waals surface area contributed by atoms with Gasteiger partial charge in [-0.1, -0.05) is 30.3 Å². The van der Waals surface area contributed by atoms with Crippen LogP contribution in [-0.2, 0) is 16.1 Å². The number of halogens is 2. The number of ether oxygens (including phenoxy) is 1. The van der Waals surface area contributed by atoms with Gasteiger partial charge in [-0.25, -0.2) is 13.6 Å². The predicted molar refractivity (Wildman–Crippen MR) is 72.0 cm³/mol. The second kappa shape index (κ2) is 6.20. The van der Waals surface area contributed by atoms with Crippen LogP contribution in [0.1, 0.15) is 25.3 Å². The number of hydrogen-bond acceptors (Lipinski definition) is 3. The molecule has 1 aliphatic rings. The van der Waals surface area contributed by atoms with Gasteiger partial charge in [-0.2, -0.15) is 0 Å². The van der Waals surface area contributed by atoms with Gasteiger partial charge < -0.3 is 4.74 Å². The molecule has 1 atom stereocenters. The molecule has 0 aromatic heterocycles. The first kappa shape index (κ1) is 15.4. The zero-order chi connectivity index (χ0) is 15.5. The highest BCUT2D eigenvalue weighted by atomic mass is 19.3. The lowest BCUT2D eigenvalue weighted by Crippen LogP contribution is -2.37. The minimum absolute atomic E-state index is 0.0224. The molecule has 0 N–H and O–H groups in total. The van der Waals surface area contributed by atoms with E-state index in [0.717, 1.165) is 10.5 Å². The fourth-order valence-corrected chi connectivity index (χ4v) is 2.43. The molecule has 4 nitrogen and oxygen atoms in total. The Kier molecular flexibility index (Phi) is 4.55. The van der Waals surface area contributed by atoms with Gasteiger partial charge in [0.2, 0.25) is 0 Å². The number of likely N-dealkylation sites (tertiary alicyclic amines) is 1. The summed E-state index contributed by atoms with van der Waals surface area (Å²) in [5.41, 5.74) is 0.778. The first-order valence-corrected chi connectivity index (χ1v) is 6.72. The van der Waals surface area contributed by atoms with Crippen LogP contribution in [0.4, 0.5) is 13.6 Å². The molecule has 1 saturated heterocycles. The lowest BCUT2D eigenvalue weighted by molar-refractivity contribution is -0.117. The maximum Gasteiger partial charge on any atom is 0.410 e. The van der Waals surface area contributed by atoms with Crippen LogP contribution in [0.2, 0.25) is 0 Å². The van der Waals surface area contributed by atoms with Gasteiger partial charge in [-0.15, -0.1) is 0 Å². The van der Waals surface area contributed by atoms with E-state index in [1.54, 1.807) is 24.3 Å². The molecular weight excluding hydrogens is 280 g/mol. The van der Waals surface area contributed by atoms with Crippen molar-refractivity contribution in [2.24, 2.45) is 0 Å². The summed E-state index contributed by atoms with van der Waals surface area (Å²) in [7, 11) is 0. The van der Waals surface area contributed by atoms with Crippen LogP contribution in [0.5, 0.6) is 0 Å². The zero-order valence-electron chi connectivity index (χ0n) is 11.7. The summed E-state index contributed by atoms with van der Waals surface area (Å²) in [5, 5.41) is 0. The predicted octanol–water partition coefficient (Wildman–Crippen LogP) is 3.01. The van der Waals surface area contributed by atoms with E-state index < -0.39 is 31.0 Å². The van der Waals surface area contributed by atoms with E-state index in [4.69, 9.17) is 4.74 Å². The van der Waals surface area contributed by atoms with E-state index in [2.05, 4.69) is 0 Å². The number of alkyl halides is 2. The molecule has 6 heteroatoms. The van der Waals surface area contributed by atoms with E-state index >= 15 is 0 Å². The molecule has 0 aliphatic carbocycles. The van der Waals surface area contributed by atoms with E-state index in [1.807, 2.05) is 6.07 Å². The van der Waals surface area contributed by atoms with Crippen molar-refractivity contribution in [1.82, 2.24) is 4.90 Å². The van der Waals surface area contributed by atoms with Crippen molar-refractivity contribution in [2.45, 2.75) is 38.3 Å². The van der Waals surface area contributed by atoms with E-state index in [0.29, 0.717) is 0 Å². The molecule has 1 aliphatic heterocycles. The molecule has 2 rings (SSSR count). The van der Waals surface area contributed by atoms with Gasteiger partial charge in [0.05, 0.1) is 6.54 Å². The van der Waals surface area contributed by atoms with Crippen LogP contribution < -0.4 is 0 Å². The minimum atomic E-state index is -2.97. The molecule has 1 fully saturated rings. The summed E-state index contributed by atoms with van der Waals surface area (Å²) in [6.07, 6.45) is -1.37. The van der Waals surface area contributed by atoms with Crippen molar-refractivity contribution in [3.05, 3.63) is 35.9 Å². The monoisotopic (exact) mass is 297 g/mol. The largest absolute Gasteiger partial charge is 0.445 e. The highest BCUT2D eigenvalue weighted by Crippen LogP contribution is 2.34. The molecule has 1 heterocycles. The lowest BCUT2D eigenvalue weighted by atomic mass is 10.1. The number of Topliss-reactive ketones (excluding diaryl/α,β-unsaturated/α-hetero) is 1. The third kappa shape index (κ3) is 4.24. The number of ketones is 1. The maximum atomic E-state index is 13.5.